The maximum Gasteiger partial charge on any atom is 0.293 e. The fourth-order valence-corrected chi connectivity index (χ4v) is 2.57. The van der Waals surface area contributed by atoms with Crippen LogP contribution in [0.25, 0.3) is 0 Å². The number of aliphatic hydroxyl groups excluding tert-OH is 1. The lowest BCUT2D eigenvalue weighted by Gasteiger charge is -2.19. The number of aliphatic hydroxyl groups is 1. The molecule has 1 aliphatic rings. The normalized spacial score (nSPS) is 17.5. The summed E-state index contributed by atoms with van der Waals surface area (Å²) in [6.07, 6.45) is 3.89. The molecule has 8 nitrogen and oxygen atoms in total. The summed E-state index contributed by atoms with van der Waals surface area (Å²) in [5.74, 6) is 0.360. The quantitative estimate of drug-likeness (QED) is 0.704. The van der Waals surface area contributed by atoms with Crippen LogP contribution in [0.1, 0.15) is 6.42 Å². The molecule has 128 valence electrons. The summed E-state index contributed by atoms with van der Waals surface area (Å²) in [7, 11) is 3.26. The number of anilines is 1. The molecule has 1 aromatic rings. The number of aromatic nitrogens is 2. The van der Waals surface area contributed by atoms with Crippen molar-refractivity contribution in [3.05, 3.63) is 22.7 Å². The first-order valence-electron chi connectivity index (χ1n) is 7.71. The third kappa shape index (κ3) is 4.29. The van der Waals surface area contributed by atoms with Crippen LogP contribution in [0, 0.1) is 5.92 Å². The summed E-state index contributed by atoms with van der Waals surface area (Å²) in [5.41, 5.74) is -0.278. The first-order chi connectivity index (χ1) is 11.1. The van der Waals surface area contributed by atoms with Crippen LogP contribution in [0.2, 0.25) is 0 Å². The summed E-state index contributed by atoms with van der Waals surface area (Å²) in [6.45, 7) is 2.33. The van der Waals surface area contributed by atoms with Gasteiger partial charge in [-0.05, 0) is 6.42 Å². The number of hydrogen-bond acceptors (Lipinski definition) is 6. The molecule has 0 unspecified atom stereocenters. The molecule has 1 atom stereocenters. The molecule has 2 heterocycles. The van der Waals surface area contributed by atoms with Crippen LogP contribution in [0.15, 0.2) is 17.2 Å². The number of amides is 1. The zero-order valence-electron chi connectivity index (χ0n) is 13.6. The Labute approximate surface area is 135 Å². The molecule has 0 radical (unpaired) electrons. The zero-order valence-corrected chi connectivity index (χ0v) is 13.6. The van der Waals surface area contributed by atoms with Crippen LogP contribution in [0.3, 0.4) is 0 Å². The molecular weight excluding hydrogens is 300 g/mol. The number of nitrogens with zero attached hydrogens (tertiary/aromatic N) is 4. The average Bonchev–Trinajstić information content (AvgIpc) is 3.03. The van der Waals surface area contributed by atoms with Crippen molar-refractivity contribution < 1.29 is 14.6 Å². The van der Waals surface area contributed by atoms with E-state index >= 15 is 0 Å². The first-order valence-corrected chi connectivity index (χ1v) is 7.71. The minimum atomic E-state index is -0.278. The molecule has 0 aromatic carbocycles. The van der Waals surface area contributed by atoms with Gasteiger partial charge in [0, 0.05) is 58.7 Å². The van der Waals surface area contributed by atoms with Crippen molar-refractivity contribution in [2.75, 3.05) is 51.9 Å². The highest BCUT2D eigenvalue weighted by molar-refractivity contribution is 5.75. The number of ether oxygens (including phenoxy) is 1. The Morgan fingerprint density at radius 1 is 1.57 bits per heavy atom. The first kappa shape index (κ1) is 17.4. The molecule has 23 heavy (non-hydrogen) atoms. The minimum absolute atomic E-state index is 0.0220. The van der Waals surface area contributed by atoms with Gasteiger partial charge in [0.1, 0.15) is 6.54 Å². The van der Waals surface area contributed by atoms with Crippen molar-refractivity contribution in [3.8, 4) is 0 Å². The van der Waals surface area contributed by atoms with Gasteiger partial charge in [-0.25, -0.2) is 4.98 Å². The Balaban J connectivity index is 2.08. The van der Waals surface area contributed by atoms with Crippen molar-refractivity contribution in [3.63, 3.8) is 0 Å². The highest BCUT2D eigenvalue weighted by atomic mass is 16.5. The molecule has 1 fully saturated rings. The van der Waals surface area contributed by atoms with E-state index in [1.165, 1.54) is 21.9 Å². The lowest BCUT2D eigenvalue weighted by atomic mass is 10.1. The van der Waals surface area contributed by atoms with Crippen LogP contribution in [0.4, 0.5) is 5.82 Å². The fraction of sp³-hybridized carbons (Fsp3) is 0.667. The number of likely N-dealkylation sites (N-methyl/N-ethyl adjacent to an activating group) is 1. The van der Waals surface area contributed by atoms with Gasteiger partial charge in [-0.15, -0.1) is 0 Å². The van der Waals surface area contributed by atoms with Gasteiger partial charge in [0.2, 0.25) is 5.91 Å². The Morgan fingerprint density at radius 3 is 3.00 bits per heavy atom. The van der Waals surface area contributed by atoms with Crippen molar-refractivity contribution in [1.82, 2.24) is 14.5 Å². The highest BCUT2D eigenvalue weighted by Gasteiger charge is 2.25. The van der Waals surface area contributed by atoms with Crippen LogP contribution in [-0.4, -0.2) is 72.5 Å². The predicted octanol–water partition coefficient (Wildman–Crippen LogP) is -0.833. The Kier molecular flexibility index (Phi) is 6.12. The van der Waals surface area contributed by atoms with Crippen molar-refractivity contribution in [1.29, 1.82) is 0 Å². The third-order valence-corrected chi connectivity index (χ3v) is 4.10. The fourth-order valence-electron chi connectivity index (χ4n) is 2.57. The second-order valence-corrected chi connectivity index (χ2v) is 5.78. The molecule has 0 saturated carbocycles. The molecular formula is C15H24N4O4. The number of carbonyl (C=O) groups excluding carboxylic acids is 1. The lowest BCUT2D eigenvalue weighted by Crippen LogP contribution is -2.37. The molecule has 2 rings (SSSR count). The standard InChI is InChI=1S/C15H24N4O4/c1-17(7-8-23-2)13(21)10-19-6-4-16-14(15(19)22)18-5-3-12(9-18)11-20/h4,6,12,20H,3,5,7-11H2,1-2H3/t12-/m1/s1. The predicted molar refractivity (Wildman–Crippen MR) is 85.4 cm³/mol. The summed E-state index contributed by atoms with van der Waals surface area (Å²) in [6, 6.07) is 0. The van der Waals surface area contributed by atoms with Gasteiger partial charge >= 0.3 is 0 Å². The van der Waals surface area contributed by atoms with E-state index in [1.54, 1.807) is 14.2 Å². The molecule has 1 N–H and O–H groups in total. The zero-order chi connectivity index (χ0) is 16.8. The monoisotopic (exact) mass is 324 g/mol. The number of methoxy groups -OCH3 is 1. The highest BCUT2D eigenvalue weighted by Crippen LogP contribution is 2.18. The van der Waals surface area contributed by atoms with E-state index in [2.05, 4.69) is 4.98 Å². The Morgan fingerprint density at radius 2 is 2.35 bits per heavy atom. The van der Waals surface area contributed by atoms with E-state index in [4.69, 9.17) is 4.74 Å². The average molecular weight is 324 g/mol. The van der Waals surface area contributed by atoms with Gasteiger partial charge in [0.25, 0.3) is 5.56 Å². The van der Waals surface area contributed by atoms with Crippen LogP contribution in [-0.2, 0) is 16.1 Å². The van der Waals surface area contributed by atoms with Crippen LogP contribution in [0.5, 0.6) is 0 Å². The van der Waals surface area contributed by atoms with Crippen LogP contribution >= 0.6 is 0 Å². The van der Waals surface area contributed by atoms with E-state index in [0.717, 1.165) is 6.42 Å². The molecule has 0 spiro atoms. The summed E-state index contributed by atoms with van der Waals surface area (Å²) in [4.78, 5) is 32.2. The number of rotatable bonds is 7. The summed E-state index contributed by atoms with van der Waals surface area (Å²) >= 11 is 0. The van der Waals surface area contributed by atoms with E-state index < -0.39 is 0 Å². The van der Waals surface area contributed by atoms with Crippen molar-refractivity contribution >= 4 is 11.7 Å². The van der Waals surface area contributed by atoms with Gasteiger partial charge in [0.15, 0.2) is 5.82 Å². The number of hydrogen-bond donors (Lipinski definition) is 1. The Bertz CT molecular complexity index is 589. The molecule has 0 aliphatic carbocycles. The maximum atomic E-state index is 12.5. The lowest BCUT2D eigenvalue weighted by molar-refractivity contribution is -0.131. The molecule has 8 heteroatoms. The van der Waals surface area contributed by atoms with Gasteiger partial charge in [-0.3, -0.25) is 9.59 Å². The van der Waals surface area contributed by atoms with E-state index in [0.29, 0.717) is 32.1 Å². The molecule has 1 aromatic heterocycles. The second kappa shape index (κ2) is 8.07. The van der Waals surface area contributed by atoms with Gasteiger partial charge in [0.05, 0.1) is 6.61 Å². The minimum Gasteiger partial charge on any atom is -0.396 e. The van der Waals surface area contributed by atoms with Gasteiger partial charge < -0.3 is 24.2 Å². The molecule has 1 saturated heterocycles. The molecule has 1 amide bonds. The van der Waals surface area contributed by atoms with E-state index in [9.17, 15) is 14.7 Å². The largest absolute Gasteiger partial charge is 0.396 e. The molecule has 0 bridgehead atoms. The summed E-state index contributed by atoms with van der Waals surface area (Å²) < 4.78 is 6.32. The van der Waals surface area contributed by atoms with Crippen molar-refractivity contribution in [2.45, 2.75) is 13.0 Å². The topological polar surface area (TPSA) is 87.9 Å². The summed E-state index contributed by atoms with van der Waals surface area (Å²) in [5, 5.41) is 9.21. The van der Waals surface area contributed by atoms with Crippen LogP contribution < -0.4 is 10.5 Å². The van der Waals surface area contributed by atoms with E-state index in [1.807, 2.05) is 4.90 Å². The smallest absolute Gasteiger partial charge is 0.293 e. The number of carbonyl (C=O) groups is 1. The SMILES string of the molecule is COCCN(C)C(=O)Cn1ccnc(N2CC[C@@H](CO)C2)c1=O. The Hall–Kier alpha value is -1.93. The van der Waals surface area contributed by atoms with Gasteiger partial charge in [-0.2, -0.15) is 0 Å². The van der Waals surface area contributed by atoms with Gasteiger partial charge in [-0.1, -0.05) is 0 Å². The molecule has 1 aliphatic heterocycles. The second-order valence-electron chi connectivity index (χ2n) is 5.78. The third-order valence-electron chi connectivity index (χ3n) is 4.10. The van der Waals surface area contributed by atoms with E-state index in [-0.39, 0.29) is 30.5 Å². The maximum absolute atomic E-state index is 12.5. The van der Waals surface area contributed by atoms with Crippen molar-refractivity contribution in [2.24, 2.45) is 5.92 Å².